The normalized spacial score (nSPS) is 29.0. The molecule has 1 saturated heterocycles. The number of aromatic nitrogens is 4. The van der Waals surface area contributed by atoms with Gasteiger partial charge in [-0.15, -0.1) is 0 Å². The zero-order valence-electron chi connectivity index (χ0n) is 15.8. The number of phosphoric ester groups is 1. The number of nitrogens with two attached hydrogens (primary N) is 1. The Kier molecular flexibility index (Phi) is 6.93. The molecule has 7 atom stereocenters. The molecule has 1 fully saturated rings. The van der Waals surface area contributed by atoms with E-state index in [2.05, 4.69) is 28.1 Å². The zero-order chi connectivity index (χ0) is 24.1. The van der Waals surface area contributed by atoms with E-state index in [0.717, 1.165) is 13.3 Å². The van der Waals surface area contributed by atoms with E-state index in [0.29, 0.717) is 0 Å². The number of rotatable bonds is 8. The molecule has 0 spiro atoms. The Balaban J connectivity index is 1.75. The van der Waals surface area contributed by atoms with Crippen LogP contribution in [0.5, 0.6) is 0 Å². The van der Waals surface area contributed by atoms with Crippen LogP contribution in [0, 0.1) is 0 Å². The maximum Gasteiger partial charge on any atom is 0.490 e. The van der Waals surface area contributed by atoms with Gasteiger partial charge in [0.1, 0.15) is 30.2 Å². The molecule has 2 aromatic rings. The van der Waals surface area contributed by atoms with Crippen LogP contribution in [-0.2, 0) is 31.6 Å². The molecule has 8 N–H and O–H groups in total. The van der Waals surface area contributed by atoms with Crippen molar-refractivity contribution < 1.29 is 61.4 Å². The van der Waals surface area contributed by atoms with Crippen LogP contribution in [0.2, 0.25) is 0 Å². The molecular formula is C11H18N5O13P3. The SMILES string of the molecule is C[C@@H](OP(=O)(O)OP(=O)(O)OP(=O)(O)O)[C@H]1OC(n2cnc3c(N)ncnc32)[C@H](O)[C@@H]1O. The minimum atomic E-state index is -5.73. The second-order valence-electron chi connectivity index (χ2n) is 6.46. The predicted molar refractivity (Wildman–Crippen MR) is 100 cm³/mol. The monoisotopic (exact) mass is 521 g/mol. The molecule has 2 aromatic heterocycles. The van der Waals surface area contributed by atoms with Crippen LogP contribution in [0.3, 0.4) is 0 Å². The first-order valence-electron chi connectivity index (χ1n) is 8.37. The molecule has 0 aliphatic carbocycles. The van der Waals surface area contributed by atoms with Crippen LogP contribution in [0.25, 0.3) is 11.2 Å². The summed E-state index contributed by atoms with van der Waals surface area (Å²) in [6.07, 6.45) is -5.34. The summed E-state index contributed by atoms with van der Waals surface area (Å²) < 4.78 is 52.7. The van der Waals surface area contributed by atoms with Crippen molar-refractivity contribution in [2.45, 2.75) is 37.6 Å². The molecule has 1 aliphatic heterocycles. The standard InChI is InChI=1S/C11H18N5O13P3/c1-4(27-31(22,23)29-32(24,25)28-30(19,20)21)8-6(17)7(18)11(26-8)16-3-15-5-9(12)13-2-14-10(5)16/h2-4,6-8,11,17-18H,1H3,(H,22,23)(H,24,25)(H2,12,13,14)(H2,19,20,21)/t4-,6+,7-,8-,11?/m1/s1. The molecule has 180 valence electrons. The summed E-state index contributed by atoms with van der Waals surface area (Å²) in [5.41, 5.74) is 6.02. The average molecular weight is 521 g/mol. The molecule has 0 saturated carbocycles. The number of fused-ring (bicyclic) bond motifs is 1. The van der Waals surface area contributed by atoms with Crippen molar-refractivity contribution in [3.63, 3.8) is 0 Å². The van der Waals surface area contributed by atoms with Gasteiger partial charge in [0.25, 0.3) is 0 Å². The largest absolute Gasteiger partial charge is 0.490 e. The number of anilines is 1. The Labute approximate surface area is 178 Å². The van der Waals surface area contributed by atoms with Gasteiger partial charge in [0, 0.05) is 0 Å². The molecule has 0 radical (unpaired) electrons. The number of hydrogen-bond donors (Lipinski definition) is 7. The highest BCUT2D eigenvalue weighted by molar-refractivity contribution is 7.66. The van der Waals surface area contributed by atoms with Crippen LogP contribution in [-0.4, -0.2) is 73.7 Å². The molecule has 1 aliphatic rings. The average Bonchev–Trinajstić information content (AvgIpc) is 3.14. The Hall–Kier alpha value is -1.36. The summed E-state index contributed by atoms with van der Waals surface area (Å²) in [6, 6.07) is 0. The molecule has 3 rings (SSSR count). The van der Waals surface area contributed by atoms with E-state index >= 15 is 0 Å². The Morgan fingerprint density at radius 2 is 1.72 bits per heavy atom. The third-order valence-electron chi connectivity index (χ3n) is 4.11. The molecule has 3 unspecified atom stereocenters. The van der Waals surface area contributed by atoms with E-state index in [1.807, 2.05) is 0 Å². The van der Waals surface area contributed by atoms with E-state index in [9.17, 15) is 33.7 Å². The van der Waals surface area contributed by atoms with Gasteiger partial charge in [0.15, 0.2) is 17.7 Å². The van der Waals surface area contributed by atoms with E-state index < -0.39 is 54.1 Å². The van der Waals surface area contributed by atoms with Crippen molar-refractivity contribution in [1.82, 2.24) is 19.5 Å². The molecular weight excluding hydrogens is 503 g/mol. The van der Waals surface area contributed by atoms with Crippen molar-refractivity contribution in [3.8, 4) is 0 Å². The van der Waals surface area contributed by atoms with Crippen LogP contribution in [0.1, 0.15) is 13.2 Å². The Morgan fingerprint density at radius 3 is 2.34 bits per heavy atom. The summed E-state index contributed by atoms with van der Waals surface area (Å²) in [5, 5.41) is 20.7. The highest BCUT2D eigenvalue weighted by Crippen LogP contribution is 2.66. The second kappa shape index (κ2) is 8.77. The number of phosphoric acid groups is 3. The smallest absolute Gasteiger partial charge is 0.387 e. The van der Waals surface area contributed by atoms with Gasteiger partial charge in [-0.3, -0.25) is 9.09 Å². The van der Waals surface area contributed by atoms with E-state index in [-0.39, 0.29) is 17.0 Å². The lowest BCUT2D eigenvalue weighted by molar-refractivity contribution is -0.0755. The Morgan fingerprint density at radius 1 is 1.06 bits per heavy atom. The van der Waals surface area contributed by atoms with Crippen LogP contribution in [0.4, 0.5) is 5.82 Å². The first kappa shape index (κ1) is 25.3. The van der Waals surface area contributed by atoms with E-state index in [1.165, 1.54) is 10.9 Å². The number of aliphatic hydroxyl groups excluding tert-OH is 2. The van der Waals surface area contributed by atoms with Crippen LogP contribution >= 0.6 is 23.5 Å². The van der Waals surface area contributed by atoms with Gasteiger partial charge < -0.3 is 40.3 Å². The summed E-state index contributed by atoms with van der Waals surface area (Å²) >= 11 is 0. The van der Waals surface area contributed by atoms with Crippen molar-refractivity contribution in [1.29, 1.82) is 0 Å². The lowest BCUT2D eigenvalue weighted by Gasteiger charge is -2.24. The fourth-order valence-corrected chi connectivity index (χ4v) is 6.13. The fraction of sp³-hybridized carbons (Fsp3) is 0.545. The van der Waals surface area contributed by atoms with Gasteiger partial charge in [-0.1, -0.05) is 0 Å². The number of hydrogen-bond acceptors (Lipinski definition) is 13. The third kappa shape index (κ3) is 5.58. The van der Waals surface area contributed by atoms with Crippen molar-refractivity contribution in [3.05, 3.63) is 12.7 Å². The molecule has 18 nitrogen and oxygen atoms in total. The van der Waals surface area contributed by atoms with Crippen molar-refractivity contribution in [2.75, 3.05) is 5.73 Å². The molecule has 3 heterocycles. The third-order valence-corrected chi connectivity index (χ3v) is 8.04. The first-order valence-corrected chi connectivity index (χ1v) is 12.9. The van der Waals surface area contributed by atoms with Gasteiger partial charge in [0.05, 0.1) is 12.4 Å². The number of imidazole rings is 1. The maximum atomic E-state index is 12.0. The quantitative estimate of drug-likeness (QED) is 0.200. The number of nitrogens with zero attached hydrogens (tertiary/aromatic N) is 4. The lowest BCUT2D eigenvalue weighted by Crippen LogP contribution is -2.38. The second-order valence-corrected chi connectivity index (χ2v) is 10.8. The highest BCUT2D eigenvalue weighted by atomic mass is 31.3. The van der Waals surface area contributed by atoms with E-state index in [4.69, 9.17) is 20.3 Å². The predicted octanol–water partition coefficient (Wildman–Crippen LogP) is -1.24. The molecule has 21 heteroatoms. The lowest BCUT2D eigenvalue weighted by atomic mass is 10.1. The van der Waals surface area contributed by atoms with Gasteiger partial charge in [-0.05, 0) is 6.92 Å². The highest BCUT2D eigenvalue weighted by Gasteiger charge is 2.49. The van der Waals surface area contributed by atoms with Gasteiger partial charge >= 0.3 is 23.5 Å². The van der Waals surface area contributed by atoms with Gasteiger partial charge in [-0.25, -0.2) is 28.6 Å². The Bertz CT molecular complexity index is 1140. The maximum absolute atomic E-state index is 12.0. The summed E-state index contributed by atoms with van der Waals surface area (Å²) in [7, 11) is -16.8. The topological polar surface area (TPSA) is 279 Å². The van der Waals surface area contributed by atoms with Gasteiger partial charge in [-0.2, -0.15) is 8.62 Å². The van der Waals surface area contributed by atoms with Crippen molar-refractivity contribution in [2.24, 2.45) is 0 Å². The molecule has 32 heavy (non-hydrogen) atoms. The van der Waals surface area contributed by atoms with E-state index in [1.54, 1.807) is 0 Å². The first-order chi connectivity index (χ1) is 14.6. The zero-order valence-corrected chi connectivity index (χ0v) is 18.5. The fourth-order valence-electron chi connectivity index (χ4n) is 2.93. The summed E-state index contributed by atoms with van der Waals surface area (Å²) in [4.78, 5) is 47.7. The summed E-state index contributed by atoms with van der Waals surface area (Å²) in [5.74, 6) is 0.0411. The number of aliphatic hydroxyl groups is 2. The number of ether oxygens (including phenoxy) is 1. The summed E-state index contributed by atoms with van der Waals surface area (Å²) in [6.45, 7) is 1.09. The molecule has 0 aromatic carbocycles. The van der Waals surface area contributed by atoms with Crippen molar-refractivity contribution >= 4 is 40.4 Å². The minimum Gasteiger partial charge on any atom is -0.387 e. The molecule has 0 bridgehead atoms. The number of nitrogen functional groups attached to an aromatic ring is 1. The van der Waals surface area contributed by atoms with Crippen LogP contribution in [0.15, 0.2) is 12.7 Å². The minimum absolute atomic E-state index is 0.0411. The van der Waals surface area contributed by atoms with Crippen LogP contribution < -0.4 is 5.73 Å². The van der Waals surface area contributed by atoms with Gasteiger partial charge in [0.2, 0.25) is 0 Å². The molecule has 0 amide bonds.